The van der Waals surface area contributed by atoms with Crippen LogP contribution in [-0.2, 0) is 14.9 Å². The Hall–Kier alpha value is -2.04. The van der Waals surface area contributed by atoms with E-state index in [1.54, 1.807) is 0 Å². The monoisotopic (exact) mass is 290 g/mol. The number of hydrogen-bond acceptors (Lipinski definition) is 3. The highest BCUT2D eigenvalue weighted by Gasteiger charge is 2.52. The van der Waals surface area contributed by atoms with Crippen molar-refractivity contribution in [3.05, 3.63) is 29.8 Å². The maximum atomic E-state index is 12.1. The van der Waals surface area contributed by atoms with Gasteiger partial charge in [0.2, 0.25) is 0 Å². The van der Waals surface area contributed by atoms with Gasteiger partial charge in [-0.3, -0.25) is 0 Å². The molecule has 114 valence electrons. The average Bonchev–Trinajstić information content (AvgIpc) is 3.17. The van der Waals surface area contributed by atoms with Gasteiger partial charge in [0.05, 0.1) is 7.11 Å². The molecule has 0 unspecified atom stereocenters. The van der Waals surface area contributed by atoms with Gasteiger partial charge in [0.1, 0.15) is 5.54 Å². The zero-order valence-electron chi connectivity index (χ0n) is 12.9. The molecule has 5 heteroatoms. The minimum atomic E-state index is -0.838. The summed E-state index contributed by atoms with van der Waals surface area (Å²) < 4.78 is 4.73. The summed E-state index contributed by atoms with van der Waals surface area (Å²) in [5.74, 6) is -0.387. The molecule has 0 aromatic heterocycles. The fourth-order valence-electron chi connectivity index (χ4n) is 2.32. The molecule has 0 spiro atoms. The number of methoxy groups -OCH3 is 1. The first-order valence-corrected chi connectivity index (χ1v) is 7.06. The van der Waals surface area contributed by atoms with E-state index in [2.05, 4.69) is 31.4 Å². The topological polar surface area (TPSA) is 67.4 Å². The van der Waals surface area contributed by atoms with Crippen LogP contribution in [0.15, 0.2) is 24.3 Å². The highest BCUT2D eigenvalue weighted by Crippen LogP contribution is 2.36. The first-order valence-electron chi connectivity index (χ1n) is 7.06. The summed E-state index contributed by atoms with van der Waals surface area (Å²) in [6.07, 6.45) is 1.24. The molecule has 1 aliphatic carbocycles. The second-order valence-corrected chi connectivity index (χ2v) is 6.45. The average molecular weight is 290 g/mol. The Kier molecular flexibility index (Phi) is 3.94. The second-order valence-electron chi connectivity index (χ2n) is 6.45. The van der Waals surface area contributed by atoms with E-state index in [4.69, 9.17) is 4.74 Å². The number of anilines is 1. The van der Waals surface area contributed by atoms with E-state index in [0.717, 1.165) is 11.3 Å². The normalized spacial score (nSPS) is 16.0. The number of esters is 1. The number of hydrogen-bond donors (Lipinski definition) is 2. The van der Waals surface area contributed by atoms with Crippen molar-refractivity contribution in [1.82, 2.24) is 5.32 Å². The maximum Gasteiger partial charge on any atom is 0.331 e. The lowest BCUT2D eigenvalue weighted by atomic mass is 9.86. The van der Waals surface area contributed by atoms with Crippen LogP contribution >= 0.6 is 0 Å². The van der Waals surface area contributed by atoms with Crippen LogP contribution in [0.5, 0.6) is 0 Å². The number of carbonyl (C=O) groups excluding carboxylic acids is 2. The van der Waals surface area contributed by atoms with E-state index < -0.39 is 5.54 Å². The Balaban J connectivity index is 2.09. The Bertz CT molecular complexity index is 557. The number of nitrogens with one attached hydrogen (secondary N) is 2. The van der Waals surface area contributed by atoms with Crippen LogP contribution in [0.25, 0.3) is 0 Å². The van der Waals surface area contributed by atoms with Crippen molar-refractivity contribution >= 4 is 17.7 Å². The lowest BCUT2D eigenvalue weighted by Gasteiger charge is -2.23. The van der Waals surface area contributed by atoms with Crippen molar-refractivity contribution in [2.24, 2.45) is 0 Å². The van der Waals surface area contributed by atoms with Crippen LogP contribution in [-0.4, -0.2) is 24.6 Å². The van der Waals surface area contributed by atoms with Crippen LogP contribution in [0.1, 0.15) is 39.2 Å². The van der Waals surface area contributed by atoms with Crippen molar-refractivity contribution in [2.75, 3.05) is 12.4 Å². The molecule has 2 N–H and O–H groups in total. The van der Waals surface area contributed by atoms with Crippen LogP contribution < -0.4 is 10.6 Å². The van der Waals surface area contributed by atoms with Gasteiger partial charge in [-0.1, -0.05) is 39.0 Å². The van der Waals surface area contributed by atoms with Crippen molar-refractivity contribution in [3.63, 3.8) is 0 Å². The fraction of sp³-hybridized carbons (Fsp3) is 0.500. The Morgan fingerprint density at radius 1 is 1.19 bits per heavy atom. The standard InChI is InChI=1S/C16H22N2O3/c1-15(2,3)11-7-5-6-8-12(11)17-14(20)18-16(9-10-16)13(19)21-4/h5-8H,9-10H2,1-4H3,(H2,17,18,20). The summed E-state index contributed by atoms with van der Waals surface area (Å²) in [6, 6.07) is 7.29. The quantitative estimate of drug-likeness (QED) is 0.841. The lowest BCUT2D eigenvalue weighted by Crippen LogP contribution is -2.46. The summed E-state index contributed by atoms with van der Waals surface area (Å²) in [6.45, 7) is 6.26. The predicted molar refractivity (Wildman–Crippen MR) is 81.3 cm³/mol. The van der Waals surface area contributed by atoms with E-state index >= 15 is 0 Å². The molecule has 0 bridgehead atoms. The van der Waals surface area contributed by atoms with Gasteiger partial charge in [0.25, 0.3) is 0 Å². The molecule has 5 nitrogen and oxygen atoms in total. The highest BCUT2D eigenvalue weighted by molar-refractivity contribution is 5.96. The number of ether oxygens (including phenoxy) is 1. The van der Waals surface area contributed by atoms with E-state index in [-0.39, 0.29) is 17.4 Å². The molecule has 2 amide bonds. The minimum Gasteiger partial charge on any atom is -0.467 e. The zero-order chi connectivity index (χ0) is 15.7. The molecular weight excluding hydrogens is 268 g/mol. The van der Waals surface area contributed by atoms with E-state index in [9.17, 15) is 9.59 Å². The van der Waals surface area contributed by atoms with Crippen molar-refractivity contribution in [1.29, 1.82) is 0 Å². The predicted octanol–water partition coefficient (Wildman–Crippen LogP) is 2.81. The van der Waals surface area contributed by atoms with Gasteiger partial charge < -0.3 is 15.4 Å². The third-order valence-electron chi connectivity index (χ3n) is 3.66. The number of urea groups is 1. The summed E-state index contributed by atoms with van der Waals surface area (Å²) in [5.41, 5.74) is 0.880. The SMILES string of the molecule is COC(=O)C1(NC(=O)Nc2ccccc2C(C)(C)C)CC1. The van der Waals surface area contributed by atoms with Crippen molar-refractivity contribution < 1.29 is 14.3 Å². The Labute approximate surface area is 125 Å². The molecule has 1 fully saturated rings. The molecular formula is C16H22N2O3. The van der Waals surface area contributed by atoms with Crippen LogP contribution in [0.2, 0.25) is 0 Å². The van der Waals surface area contributed by atoms with E-state index in [1.807, 2.05) is 24.3 Å². The molecule has 1 aromatic carbocycles. The molecule has 0 aliphatic heterocycles. The molecule has 21 heavy (non-hydrogen) atoms. The molecule has 0 saturated heterocycles. The number of carbonyl (C=O) groups is 2. The van der Waals surface area contributed by atoms with Gasteiger partial charge in [-0.15, -0.1) is 0 Å². The van der Waals surface area contributed by atoms with E-state index in [0.29, 0.717) is 12.8 Å². The Morgan fingerprint density at radius 2 is 1.81 bits per heavy atom. The van der Waals surface area contributed by atoms with Gasteiger partial charge >= 0.3 is 12.0 Å². The molecule has 0 heterocycles. The molecule has 1 aliphatic rings. The number of benzene rings is 1. The van der Waals surface area contributed by atoms with Gasteiger partial charge in [0, 0.05) is 5.69 Å². The largest absolute Gasteiger partial charge is 0.467 e. The number of rotatable bonds is 3. The molecule has 1 saturated carbocycles. The summed E-state index contributed by atoms with van der Waals surface area (Å²) in [4.78, 5) is 23.8. The van der Waals surface area contributed by atoms with Gasteiger partial charge in [-0.05, 0) is 29.9 Å². The molecule has 1 aromatic rings. The van der Waals surface area contributed by atoms with Gasteiger partial charge in [-0.25, -0.2) is 9.59 Å². The highest BCUT2D eigenvalue weighted by atomic mass is 16.5. The third-order valence-corrected chi connectivity index (χ3v) is 3.66. The first kappa shape index (κ1) is 15.4. The summed E-state index contributed by atoms with van der Waals surface area (Å²) >= 11 is 0. The van der Waals surface area contributed by atoms with Crippen molar-refractivity contribution in [2.45, 2.75) is 44.6 Å². The summed E-state index contributed by atoms with van der Waals surface area (Å²) in [7, 11) is 1.33. The fourth-order valence-corrected chi connectivity index (χ4v) is 2.32. The number of amides is 2. The van der Waals surface area contributed by atoms with Crippen LogP contribution in [0, 0.1) is 0 Å². The third kappa shape index (κ3) is 3.35. The molecule has 0 radical (unpaired) electrons. The van der Waals surface area contributed by atoms with Crippen LogP contribution in [0.4, 0.5) is 10.5 Å². The molecule has 2 rings (SSSR count). The number of para-hydroxylation sites is 1. The molecule has 0 atom stereocenters. The van der Waals surface area contributed by atoms with Crippen molar-refractivity contribution in [3.8, 4) is 0 Å². The Morgan fingerprint density at radius 3 is 2.33 bits per heavy atom. The van der Waals surface area contributed by atoms with Gasteiger partial charge in [-0.2, -0.15) is 0 Å². The first-order chi connectivity index (χ1) is 9.78. The maximum absolute atomic E-state index is 12.1. The zero-order valence-corrected chi connectivity index (χ0v) is 12.9. The smallest absolute Gasteiger partial charge is 0.331 e. The minimum absolute atomic E-state index is 0.0799. The van der Waals surface area contributed by atoms with Crippen LogP contribution in [0.3, 0.4) is 0 Å². The van der Waals surface area contributed by atoms with E-state index in [1.165, 1.54) is 7.11 Å². The second kappa shape index (κ2) is 5.39. The summed E-state index contributed by atoms with van der Waals surface area (Å²) in [5, 5.41) is 5.55. The van der Waals surface area contributed by atoms with Gasteiger partial charge in [0.15, 0.2) is 0 Å². The lowest BCUT2D eigenvalue weighted by molar-refractivity contribution is -0.144.